The van der Waals surface area contributed by atoms with Gasteiger partial charge in [-0.1, -0.05) is 66.6 Å². The van der Waals surface area contributed by atoms with Crippen LogP contribution >= 0.6 is 0 Å². The number of nitrogens with one attached hydrogen (secondary N) is 2. The summed E-state index contributed by atoms with van der Waals surface area (Å²) in [6.45, 7) is 7.43. The molecule has 6 nitrogen and oxygen atoms in total. The highest BCUT2D eigenvalue weighted by Gasteiger charge is 2.51. The van der Waals surface area contributed by atoms with Crippen LogP contribution in [0.3, 0.4) is 0 Å². The minimum Gasteiger partial charge on any atom is -0.348 e. The molecule has 2 aromatic rings. The summed E-state index contributed by atoms with van der Waals surface area (Å²) in [4.78, 5) is 39.2. The smallest absolute Gasteiger partial charge is 0.325 e. The number of aryl methyl sites for hydroxylation is 2. The molecule has 0 saturated carbocycles. The fourth-order valence-corrected chi connectivity index (χ4v) is 3.91. The Bertz CT molecular complexity index is 921. The largest absolute Gasteiger partial charge is 0.348 e. The number of amides is 4. The summed E-state index contributed by atoms with van der Waals surface area (Å²) >= 11 is 0. The molecule has 0 radical (unpaired) electrons. The molecule has 2 atom stereocenters. The molecule has 2 N–H and O–H groups in total. The molecular formula is C23H27N3O3. The molecule has 6 heteroatoms. The maximum absolute atomic E-state index is 13.1. The van der Waals surface area contributed by atoms with Crippen molar-refractivity contribution < 1.29 is 14.4 Å². The molecule has 1 saturated heterocycles. The fourth-order valence-electron chi connectivity index (χ4n) is 3.91. The van der Waals surface area contributed by atoms with Gasteiger partial charge in [0.05, 0.1) is 6.04 Å². The normalized spacial score (nSPS) is 19.8. The molecular weight excluding hydrogens is 366 g/mol. The number of hydrogen-bond donors (Lipinski definition) is 2. The van der Waals surface area contributed by atoms with Gasteiger partial charge in [0.15, 0.2) is 0 Å². The van der Waals surface area contributed by atoms with E-state index in [2.05, 4.69) is 16.7 Å². The zero-order valence-electron chi connectivity index (χ0n) is 17.3. The summed E-state index contributed by atoms with van der Waals surface area (Å²) in [5.74, 6) is -0.773. The number of carbonyl (C=O) groups is 3. The van der Waals surface area contributed by atoms with Crippen LogP contribution in [0, 0.1) is 13.8 Å². The summed E-state index contributed by atoms with van der Waals surface area (Å²) in [5.41, 5.74) is 2.81. The van der Waals surface area contributed by atoms with Crippen molar-refractivity contribution in [2.24, 2.45) is 0 Å². The summed E-state index contributed by atoms with van der Waals surface area (Å²) < 4.78 is 0. The molecule has 2 aromatic carbocycles. The molecule has 0 bridgehead atoms. The van der Waals surface area contributed by atoms with Crippen LogP contribution in [0.2, 0.25) is 0 Å². The van der Waals surface area contributed by atoms with Crippen LogP contribution < -0.4 is 10.6 Å². The quantitative estimate of drug-likeness (QED) is 0.739. The van der Waals surface area contributed by atoms with Crippen LogP contribution in [-0.2, 0) is 15.1 Å². The third kappa shape index (κ3) is 4.01. The third-order valence-corrected chi connectivity index (χ3v) is 5.40. The molecule has 2 unspecified atom stereocenters. The van der Waals surface area contributed by atoms with Gasteiger partial charge < -0.3 is 10.6 Å². The van der Waals surface area contributed by atoms with Gasteiger partial charge in [-0.25, -0.2) is 4.79 Å². The first-order chi connectivity index (χ1) is 13.8. The van der Waals surface area contributed by atoms with Crippen molar-refractivity contribution in [3.8, 4) is 0 Å². The molecule has 1 aliphatic heterocycles. The number of imide groups is 1. The molecule has 0 aliphatic carbocycles. The van der Waals surface area contributed by atoms with Crippen LogP contribution in [0.25, 0.3) is 0 Å². The zero-order chi connectivity index (χ0) is 21.2. The summed E-state index contributed by atoms with van der Waals surface area (Å²) in [6.07, 6.45) is 0.401. The maximum Gasteiger partial charge on any atom is 0.325 e. The summed E-state index contributed by atoms with van der Waals surface area (Å²) in [5, 5.41) is 5.69. The Hall–Kier alpha value is -3.15. The second kappa shape index (κ2) is 8.07. The fraction of sp³-hybridized carbons (Fsp3) is 0.348. The molecule has 0 spiro atoms. The van der Waals surface area contributed by atoms with Gasteiger partial charge in [-0.2, -0.15) is 0 Å². The molecule has 3 rings (SSSR count). The molecule has 1 aliphatic rings. The van der Waals surface area contributed by atoms with E-state index < -0.39 is 17.5 Å². The van der Waals surface area contributed by atoms with Crippen molar-refractivity contribution in [2.75, 3.05) is 6.54 Å². The summed E-state index contributed by atoms with van der Waals surface area (Å²) in [7, 11) is 0. The van der Waals surface area contributed by atoms with Crippen LogP contribution in [0.4, 0.5) is 4.79 Å². The van der Waals surface area contributed by atoms with Crippen molar-refractivity contribution >= 4 is 17.8 Å². The van der Waals surface area contributed by atoms with E-state index >= 15 is 0 Å². The van der Waals surface area contributed by atoms with Gasteiger partial charge in [-0.3, -0.25) is 14.5 Å². The number of carbonyl (C=O) groups excluding carboxylic acids is 3. The molecule has 29 heavy (non-hydrogen) atoms. The van der Waals surface area contributed by atoms with Crippen LogP contribution in [0.1, 0.15) is 48.6 Å². The summed E-state index contributed by atoms with van der Waals surface area (Å²) in [6, 6.07) is 14.5. The average Bonchev–Trinajstić information content (AvgIpc) is 2.93. The molecule has 152 valence electrons. The first-order valence-electron chi connectivity index (χ1n) is 9.84. The predicted octanol–water partition coefficient (Wildman–Crippen LogP) is 3.34. The van der Waals surface area contributed by atoms with E-state index in [4.69, 9.17) is 0 Å². The Kier molecular flexibility index (Phi) is 5.73. The maximum atomic E-state index is 13.1. The highest BCUT2D eigenvalue weighted by Crippen LogP contribution is 2.32. The molecule has 4 amide bonds. The first-order valence-corrected chi connectivity index (χ1v) is 9.84. The Morgan fingerprint density at radius 2 is 1.72 bits per heavy atom. The van der Waals surface area contributed by atoms with E-state index in [1.165, 1.54) is 0 Å². The standard InChI is InChI=1S/C23H27N3O3/c1-5-23(19-9-7-6-8-10-19)21(28)26(22(29)25-23)14-20(27)24-17(4)18-12-15(2)11-16(3)13-18/h6-13,17H,5,14H2,1-4H3,(H,24,27)(H,25,29). The van der Waals surface area contributed by atoms with E-state index in [1.807, 2.05) is 70.2 Å². The average molecular weight is 393 g/mol. The lowest BCUT2D eigenvalue weighted by Crippen LogP contribution is -2.45. The highest BCUT2D eigenvalue weighted by molar-refractivity contribution is 6.09. The number of nitrogens with zero attached hydrogens (tertiary/aromatic N) is 1. The van der Waals surface area contributed by atoms with Crippen molar-refractivity contribution in [3.05, 3.63) is 70.8 Å². The minimum absolute atomic E-state index is 0.230. The number of benzene rings is 2. The van der Waals surface area contributed by atoms with Gasteiger partial charge in [0.1, 0.15) is 12.1 Å². The SMILES string of the molecule is CCC1(c2ccccc2)NC(=O)N(CC(=O)NC(C)c2cc(C)cc(C)c2)C1=O. The monoisotopic (exact) mass is 393 g/mol. The predicted molar refractivity (Wildman–Crippen MR) is 111 cm³/mol. The minimum atomic E-state index is -1.13. The Morgan fingerprint density at radius 3 is 2.31 bits per heavy atom. The highest BCUT2D eigenvalue weighted by atomic mass is 16.2. The number of urea groups is 1. The van der Waals surface area contributed by atoms with Crippen molar-refractivity contribution in [2.45, 2.75) is 45.7 Å². The van der Waals surface area contributed by atoms with Crippen LogP contribution in [0.15, 0.2) is 48.5 Å². The van der Waals surface area contributed by atoms with Gasteiger partial charge in [0.2, 0.25) is 5.91 Å². The lowest BCUT2D eigenvalue weighted by Gasteiger charge is -2.25. The van der Waals surface area contributed by atoms with Gasteiger partial charge >= 0.3 is 6.03 Å². The van der Waals surface area contributed by atoms with Crippen molar-refractivity contribution in [1.29, 1.82) is 0 Å². The van der Waals surface area contributed by atoms with Crippen LogP contribution in [-0.4, -0.2) is 29.3 Å². The van der Waals surface area contributed by atoms with Crippen LogP contribution in [0.5, 0.6) is 0 Å². The van der Waals surface area contributed by atoms with E-state index in [1.54, 1.807) is 0 Å². The van der Waals surface area contributed by atoms with Gasteiger partial charge in [-0.15, -0.1) is 0 Å². The molecule has 1 fully saturated rings. The van der Waals surface area contributed by atoms with E-state index in [0.717, 1.165) is 21.6 Å². The Balaban J connectivity index is 1.73. The first kappa shape index (κ1) is 20.6. The number of rotatable bonds is 6. The Morgan fingerprint density at radius 1 is 1.10 bits per heavy atom. The van der Waals surface area contributed by atoms with Crippen molar-refractivity contribution in [1.82, 2.24) is 15.5 Å². The van der Waals surface area contributed by atoms with Gasteiger partial charge in [0, 0.05) is 0 Å². The Labute approximate surface area is 171 Å². The third-order valence-electron chi connectivity index (χ3n) is 5.40. The van der Waals surface area contributed by atoms with Gasteiger partial charge in [-0.05, 0) is 38.3 Å². The molecule has 0 aromatic heterocycles. The van der Waals surface area contributed by atoms with E-state index in [0.29, 0.717) is 12.0 Å². The second-order valence-corrected chi connectivity index (χ2v) is 7.66. The topological polar surface area (TPSA) is 78.5 Å². The second-order valence-electron chi connectivity index (χ2n) is 7.66. The van der Waals surface area contributed by atoms with E-state index in [-0.39, 0.29) is 18.5 Å². The lowest BCUT2D eigenvalue weighted by atomic mass is 9.87. The van der Waals surface area contributed by atoms with Gasteiger partial charge in [0.25, 0.3) is 5.91 Å². The van der Waals surface area contributed by atoms with E-state index in [9.17, 15) is 14.4 Å². The zero-order valence-corrected chi connectivity index (χ0v) is 17.3. The lowest BCUT2D eigenvalue weighted by molar-refractivity contribution is -0.135. The molecule has 1 heterocycles. The number of hydrogen-bond acceptors (Lipinski definition) is 3. The van der Waals surface area contributed by atoms with Crippen molar-refractivity contribution in [3.63, 3.8) is 0 Å².